The van der Waals surface area contributed by atoms with E-state index in [1.54, 1.807) is 50.5 Å². The van der Waals surface area contributed by atoms with Gasteiger partial charge in [0, 0.05) is 31.5 Å². The van der Waals surface area contributed by atoms with Gasteiger partial charge in [0.05, 0.1) is 17.2 Å². The number of benzene rings is 2. The fraction of sp³-hybridized carbons (Fsp3) is 0.130. The summed E-state index contributed by atoms with van der Waals surface area (Å²) < 4.78 is 19.8. The molecule has 0 radical (unpaired) electrons. The Morgan fingerprint density at radius 2 is 2.03 bits per heavy atom. The van der Waals surface area contributed by atoms with Crippen LogP contribution in [0, 0.1) is 15.9 Å². The maximum Gasteiger partial charge on any atom is 0.269 e. The highest BCUT2D eigenvalue weighted by Crippen LogP contribution is 2.26. The van der Waals surface area contributed by atoms with Gasteiger partial charge in [-0.2, -0.15) is 0 Å². The summed E-state index contributed by atoms with van der Waals surface area (Å²) in [4.78, 5) is 28.4. The minimum atomic E-state index is -0.572. The second kappa shape index (κ2) is 9.62. The lowest BCUT2D eigenvalue weighted by molar-refractivity contribution is -0.384. The number of nitro benzene ring substituents is 1. The summed E-state index contributed by atoms with van der Waals surface area (Å²) in [5.74, 6) is -0.434. The largest absolute Gasteiger partial charge is 0.453 e. The zero-order valence-electron chi connectivity index (χ0n) is 16.9. The maximum atomic E-state index is 14.3. The molecule has 0 aliphatic carbocycles. The zero-order chi connectivity index (χ0) is 22.4. The van der Waals surface area contributed by atoms with Crippen LogP contribution in [0.25, 0.3) is 6.08 Å². The van der Waals surface area contributed by atoms with Gasteiger partial charge < -0.3 is 9.64 Å². The third-order valence-electron chi connectivity index (χ3n) is 4.73. The van der Waals surface area contributed by atoms with Gasteiger partial charge in [-0.25, -0.2) is 4.39 Å². The first-order chi connectivity index (χ1) is 14.8. The van der Waals surface area contributed by atoms with Gasteiger partial charge in [-0.15, -0.1) is 0 Å². The van der Waals surface area contributed by atoms with Crippen molar-refractivity contribution in [2.24, 2.45) is 0 Å². The van der Waals surface area contributed by atoms with Crippen molar-refractivity contribution in [3.05, 3.63) is 100 Å². The van der Waals surface area contributed by atoms with E-state index in [-0.39, 0.29) is 23.4 Å². The van der Waals surface area contributed by atoms with Gasteiger partial charge in [0.2, 0.25) is 5.91 Å². The number of amides is 1. The van der Waals surface area contributed by atoms with Crippen LogP contribution >= 0.6 is 0 Å². The molecule has 7 nitrogen and oxygen atoms in total. The minimum Gasteiger partial charge on any atom is -0.453 e. The van der Waals surface area contributed by atoms with Gasteiger partial charge in [0.1, 0.15) is 5.75 Å². The number of nitro groups is 1. The van der Waals surface area contributed by atoms with Crippen LogP contribution in [0.15, 0.2) is 73.1 Å². The third-order valence-corrected chi connectivity index (χ3v) is 4.73. The molecular formula is C23H20FN3O4. The molecule has 158 valence electrons. The van der Waals surface area contributed by atoms with Gasteiger partial charge in [0.15, 0.2) is 11.6 Å². The van der Waals surface area contributed by atoms with Crippen molar-refractivity contribution in [1.82, 2.24) is 9.88 Å². The molecular weight excluding hydrogens is 401 g/mol. The first-order valence-electron chi connectivity index (χ1n) is 9.42. The Hall–Kier alpha value is -4.07. The number of pyridine rings is 1. The Kier molecular flexibility index (Phi) is 6.71. The first-order valence-corrected chi connectivity index (χ1v) is 9.42. The minimum absolute atomic E-state index is 0.0372. The summed E-state index contributed by atoms with van der Waals surface area (Å²) in [6.07, 6.45) is 5.88. The van der Waals surface area contributed by atoms with Crippen LogP contribution in [0.2, 0.25) is 0 Å². The van der Waals surface area contributed by atoms with Crippen molar-refractivity contribution in [3.63, 3.8) is 0 Å². The highest BCUT2D eigenvalue weighted by Gasteiger charge is 2.17. The SMILES string of the molecule is CC(c1cccc([N+](=O)[O-])c1)N(C)C(=O)/C=C/c1ccc(Oc2cccnc2)c(F)c1. The van der Waals surface area contributed by atoms with Crippen LogP contribution in [-0.2, 0) is 4.79 Å². The molecule has 8 heteroatoms. The smallest absolute Gasteiger partial charge is 0.269 e. The lowest BCUT2D eigenvalue weighted by Crippen LogP contribution is -2.28. The lowest BCUT2D eigenvalue weighted by atomic mass is 10.1. The fourth-order valence-electron chi connectivity index (χ4n) is 2.84. The quantitative estimate of drug-likeness (QED) is 0.299. The number of non-ortho nitro benzene ring substituents is 1. The molecule has 0 fully saturated rings. The Labute approximate surface area is 178 Å². The molecule has 31 heavy (non-hydrogen) atoms. The normalized spacial score (nSPS) is 11.8. The second-order valence-electron chi connectivity index (χ2n) is 6.79. The molecule has 3 rings (SSSR count). The molecule has 0 aliphatic rings. The monoisotopic (exact) mass is 421 g/mol. The number of hydrogen-bond donors (Lipinski definition) is 0. The maximum absolute atomic E-state index is 14.3. The third kappa shape index (κ3) is 5.51. The molecule has 1 aromatic heterocycles. The molecule has 0 bridgehead atoms. The van der Waals surface area contributed by atoms with Gasteiger partial charge in [0.25, 0.3) is 5.69 Å². The molecule has 0 N–H and O–H groups in total. The highest BCUT2D eigenvalue weighted by atomic mass is 19.1. The van der Waals surface area contributed by atoms with Crippen LogP contribution in [-0.4, -0.2) is 27.8 Å². The van der Waals surface area contributed by atoms with E-state index in [0.717, 1.165) is 0 Å². The van der Waals surface area contributed by atoms with E-state index < -0.39 is 10.7 Å². The summed E-state index contributed by atoms with van der Waals surface area (Å²) in [5, 5.41) is 11.0. The molecule has 1 atom stereocenters. The Balaban J connectivity index is 1.68. The van der Waals surface area contributed by atoms with Crippen LogP contribution in [0.1, 0.15) is 24.1 Å². The Morgan fingerprint density at radius 1 is 1.23 bits per heavy atom. The molecule has 1 amide bonds. The van der Waals surface area contributed by atoms with E-state index in [2.05, 4.69) is 4.98 Å². The molecule has 0 saturated carbocycles. The van der Waals surface area contributed by atoms with Crippen LogP contribution in [0.5, 0.6) is 11.5 Å². The van der Waals surface area contributed by atoms with Gasteiger partial charge in [-0.1, -0.05) is 18.2 Å². The van der Waals surface area contributed by atoms with Crippen molar-refractivity contribution in [2.45, 2.75) is 13.0 Å². The van der Waals surface area contributed by atoms with Crippen molar-refractivity contribution in [2.75, 3.05) is 7.05 Å². The first kappa shape index (κ1) is 21.6. The number of likely N-dealkylation sites (N-methyl/N-ethyl adjacent to an activating group) is 1. The standard InChI is InChI=1S/C23H20FN3O4/c1-16(18-5-3-6-19(14-18)27(29)30)26(2)23(28)11-9-17-8-10-22(21(24)13-17)31-20-7-4-12-25-15-20/h3-16H,1-2H3/b11-9+. The van der Waals surface area contributed by atoms with Gasteiger partial charge >= 0.3 is 0 Å². The highest BCUT2D eigenvalue weighted by molar-refractivity contribution is 5.91. The number of carbonyl (C=O) groups is 1. The van der Waals surface area contributed by atoms with Crippen LogP contribution in [0.4, 0.5) is 10.1 Å². The molecule has 1 unspecified atom stereocenters. The van der Waals surface area contributed by atoms with Crippen LogP contribution < -0.4 is 4.74 Å². The van der Waals surface area contributed by atoms with E-state index in [0.29, 0.717) is 16.9 Å². The van der Waals surface area contributed by atoms with Crippen LogP contribution in [0.3, 0.4) is 0 Å². The Bertz CT molecular complexity index is 1120. The van der Waals surface area contributed by atoms with E-state index in [1.165, 1.54) is 47.5 Å². The van der Waals surface area contributed by atoms with E-state index in [9.17, 15) is 19.3 Å². The summed E-state index contributed by atoms with van der Waals surface area (Å²) in [7, 11) is 1.60. The second-order valence-corrected chi connectivity index (χ2v) is 6.79. The van der Waals surface area contributed by atoms with Gasteiger partial charge in [-0.3, -0.25) is 19.9 Å². The van der Waals surface area contributed by atoms with Crippen molar-refractivity contribution in [3.8, 4) is 11.5 Å². The number of nitrogens with zero attached hydrogens (tertiary/aromatic N) is 3. The number of ether oxygens (including phenoxy) is 1. The number of halogens is 1. The average molecular weight is 421 g/mol. The number of carbonyl (C=O) groups excluding carboxylic acids is 1. The average Bonchev–Trinajstić information content (AvgIpc) is 2.78. The molecule has 0 aliphatic heterocycles. The summed E-state index contributed by atoms with van der Waals surface area (Å²) in [6, 6.07) is 13.5. The number of hydrogen-bond acceptors (Lipinski definition) is 5. The summed E-state index contributed by atoms with van der Waals surface area (Å²) >= 11 is 0. The van der Waals surface area contributed by atoms with E-state index in [1.807, 2.05) is 0 Å². The fourth-order valence-corrected chi connectivity index (χ4v) is 2.84. The molecule has 3 aromatic rings. The van der Waals surface area contributed by atoms with Crippen molar-refractivity contribution < 1.29 is 18.8 Å². The predicted octanol–water partition coefficient (Wildman–Crippen LogP) is 5.15. The Morgan fingerprint density at radius 3 is 2.71 bits per heavy atom. The van der Waals surface area contributed by atoms with Gasteiger partial charge in [-0.05, 0) is 48.4 Å². The summed E-state index contributed by atoms with van der Waals surface area (Å²) in [5.41, 5.74) is 1.09. The molecule has 0 spiro atoms. The zero-order valence-corrected chi connectivity index (χ0v) is 16.9. The molecule has 1 heterocycles. The summed E-state index contributed by atoms with van der Waals surface area (Å²) in [6.45, 7) is 1.77. The predicted molar refractivity (Wildman–Crippen MR) is 114 cm³/mol. The molecule has 2 aromatic carbocycles. The van der Waals surface area contributed by atoms with Crippen molar-refractivity contribution >= 4 is 17.7 Å². The molecule has 0 saturated heterocycles. The van der Waals surface area contributed by atoms with E-state index >= 15 is 0 Å². The lowest BCUT2D eigenvalue weighted by Gasteiger charge is -2.24. The van der Waals surface area contributed by atoms with Crippen molar-refractivity contribution in [1.29, 1.82) is 0 Å². The van der Waals surface area contributed by atoms with E-state index in [4.69, 9.17) is 4.74 Å². The number of aromatic nitrogens is 1. The topological polar surface area (TPSA) is 85.6 Å². The number of rotatable bonds is 7.